The monoisotopic (exact) mass is 428 g/mol. The number of rotatable bonds is 0. The summed E-state index contributed by atoms with van der Waals surface area (Å²) in [7, 11) is 0. The molecule has 0 aromatic heterocycles. The first kappa shape index (κ1) is 29.9. The fraction of sp³-hybridized carbons (Fsp3) is 0.167. The molecule has 0 saturated heterocycles. The van der Waals surface area contributed by atoms with Gasteiger partial charge in [-0.15, -0.1) is 66.3 Å². The molecule has 2 radical (unpaired) electrons. The minimum absolute atomic E-state index is 0. The van der Waals surface area contributed by atoms with Crippen molar-refractivity contribution in [3.05, 3.63) is 80.6 Å². The Morgan fingerprint density at radius 1 is 1.09 bits per heavy atom. The maximum absolute atomic E-state index is 3.06. The van der Waals surface area contributed by atoms with Gasteiger partial charge in [0.05, 0.1) is 0 Å². The number of aryl methyl sites for hydroxylation is 1. The standard InChI is InChI=1S/C10H9.C6H7.2CH3.2ClH.Si.Zr/c1-8-6-7-9-4-2-3-5-10(8)9;1-6-4-2-3-5-6;;;;;;/h2-7H,1H3;2,4H,5H2,1H3;2*1H3;2*1H;;/q4*-1;;;;. The molecule has 122 valence electrons. The summed E-state index contributed by atoms with van der Waals surface area (Å²) in [5.41, 5.74) is 2.78. The summed E-state index contributed by atoms with van der Waals surface area (Å²) in [6, 6.07) is 12.8. The SMILES string of the molecule is CC1=CC=[C-]C1.Cc1c[cH-]c2ccccc12.Cl.Cl.[CH3-].[CH3-].[Si]=[Zr]. The third-order valence-electron chi connectivity index (χ3n) is 2.77. The zero-order valence-corrected chi connectivity index (χ0v) is 18.7. The van der Waals surface area contributed by atoms with Crippen LogP contribution in [0.3, 0.4) is 0 Å². The van der Waals surface area contributed by atoms with Crippen LogP contribution in [0.25, 0.3) is 10.8 Å². The molecule has 0 spiro atoms. The summed E-state index contributed by atoms with van der Waals surface area (Å²) in [5.74, 6) is 0. The van der Waals surface area contributed by atoms with Gasteiger partial charge in [-0.2, -0.15) is 17.2 Å². The molecule has 3 rings (SSSR count). The predicted octanol–water partition coefficient (Wildman–Crippen LogP) is 5.92. The average Bonchev–Trinajstić information content (AvgIpc) is 3.03. The first-order valence-electron chi connectivity index (χ1n) is 5.86. The summed E-state index contributed by atoms with van der Waals surface area (Å²) in [4.78, 5) is 0. The van der Waals surface area contributed by atoms with E-state index >= 15 is 0 Å². The van der Waals surface area contributed by atoms with Crippen LogP contribution in [0.2, 0.25) is 0 Å². The molecule has 0 saturated carbocycles. The summed E-state index contributed by atoms with van der Waals surface area (Å²) in [6.45, 7) is 7.31. The van der Waals surface area contributed by atoms with Crippen molar-refractivity contribution in [2.75, 3.05) is 0 Å². The van der Waals surface area contributed by atoms with Crippen molar-refractivity contribution in [3.8, 4) is 0 Å². The van der Waals surface area contributed by atoms with Gasteiger partial charge in [-0.05, 0) is 0 Å². The molecule has 0 N–H and O–H groups in total. The summed E-state index contributed by atoms with van der Waals surface area (Å²) >= 11 is 1.36. The predicted molar refractivity (Wildman–Crippen MR) is 104 cm³/mol. The zero-order chi connectivity index (χ0) is 13.4. The molecule has 0 amide bonds. The van der Waals surface area contributed by atoms with E-state index in [1.807, 2.05) is 6.08 Å². The van der Waals surface area contributed by atoms with Crippen molar-refractivity contribution < 1.29 is 23.3 Å². The molecular formula is C18H24Cl2SiZr-4. The molecular weight excluding hydrogens is 406 g/mol. The topological polar surface area (TPSA) is 0 Å². The van der Waals surface area contributed by atoms with Crippen molar-refractivity contribution >= 4 is 42.5 Å². The Morgan fingerprint density at radius 2 is 1.68 bits per heavy atom. The first-order valence-corrected chi connectivity index (χ1v) is 10.0. The van der Waals surface area contributed by atoms with Gasteiger partial charge < -0.3 is 14.9 Å². The second-order valence-electron chi connectivity index (χ2n) is 4.16. The van der Waals surface area contributed by atoms with Crippen molar-refractivity contribution in [2.45, 2.75) is 20.3 Å². The number of hydrogen-bond donors (Lipinski definition) is 0. The van der Waals surface area contributed by atoms with Crippen LogP contribution in [0.1, 0.15) is 18.9 Å². The molecule has 4 heteroatoms. The summed E-state index contributed by atoms with van der Waals surface area (Å²) in [5, 5.41) is 2.72. The van der Waals surface area contributed by atoms with Crippen molar-refractivity contribution in [1.29, 1.82) is 0 Å². The van der Waals surface area contributed by atoms with Crippen molar-refractivity contribution in [2.24, 2.45) is 0 Å². The van der Waals surface area contributed by atoms with Crippen LogP contribution in [0, 0.1) is 27.9 Å². The van der Waals surface area contributed by atoms with Crippen LogP contribution in [-0.4, -0.2) is 6.88 Å². The van der Waals surface area contributed by atoms with E-state index < -0.39 is 0 Å². The van der Waals surface area contributed by atoms with E-state index in [9.17, 15) is 0 Å². The van der Waals surface area contributed by atoms with Gasteiger partial charge in [0.2, 0.25) is 0 Å². The Morgan fingerprint density at radius 3 is 2.09 bits per heavy atom. The van der Waals surface area contributed by atoms with E-state index in [0.29, 0.717) is 0 Å². The van der Waals surface area contributed by atoms with Crippen LogP contribution in [-0.2, 0) is 23.3 Å². The quantitative estimate of drug-likeness (QED) is 0.359. The molecule has 0 heterocycles. The molecule has 0 bridgehead atoms. The number of fused-ring (bicyclic) bond motifs is 1. The Kier molecular flexibility index (Phi) is 23.6. The van der Waals surface area contributed by atoms with E-state index in [2.05, 4.69) is 69.3 Å². The summed E-state index contributed by atoms with van der Waals surface area (Å²) in [6.07, 6.45) is 8.15. The number of halogens is 2. The maximum atomic E-state index is 3.06. The molecule has 0 atom stereocenters. The molecule has 1 aliphatic carbocycles. The van der Waals surface area contributed by atoms with Gasteiger partial charge >= 0.3 is 30.2 Å². The third-order valence-corrected chi connectivity index (χ3v) is 2.77. The Bertz CT molecular complexity index is 559. The van der Waals surface area contributed by atoms with Gasteiger partial charge in [-0.1, -0.05) is 19.9 Å². The van der Waals surface area contributed by atoms with Crippen LogP contribution in [0.15, 0.2) is 54.1 Å². The zero-order valence-electron chi connectivity index (χ0n) is 13.6. The molecule has 0 nitrogen and oxygen atoms in total. The number of allylic oxidation sites excluding steroid dienone is 4. The van der Waals surface area contributed by atoms with Crippen LogP contribution in [0.5, 0.6) is 0 Å². The Hall–Kier alpha value is -0.01000. The van der Waals surface area contributed by atoms with Crippen molar-refractivity contribution in [3.63, 3.8) is 0 Å². The van der Waals surface area contributed by atoms with Crippen LogP contribution >= 0.6 is 24.8 Å². The molecule has 2 aromatic rings. The van der Waals surface area contributed by atoms with E-state index in [1.54, 1.807) is 0 Å². The summed E-state index contributed by atoms with van der Waals surface area (Å²) < 4.78 is 0. The first-order chi connectivity index (χ1) is 8.77. The number of benzene rings is 1. The molecule has 1 aliphatic rings. The van der Waals surface area contributed by atoms with E-state index in [0.717, 1.165) is 6.42 Å². The molecule has 22 heavy (non-hydrogen) atoms. The molecule has 0 unspecified atom stereocenters. The average molecular weight is 431 g/mol. The molecule has 0 fully saturated rings. The second kappa shape index (κ2) is 17.3. The molecule has 0 aliphatic heterocycles. The van der Waals surface area contributed by atoms with Gasteiger partial charge in [0, 0.05) is 0 Å². The van der Waals surface area contributed by atoms with Crippen molar-refractivity contribution in [1.82, 2.24) is 0 Å². The third kappa shape index (κ3) is 9.90. The van der Waals surface area contributed by atoms with E-state index in [-0.39, 0.29) is 39.7 Å². The molecule has 2 aromatic carbocycles. The van der Waals surface area contributed by atoms with Gasteiger partial charge in [0.15, 0.2) is 0 Å². The van der Waals surface area contributed by atoms with Gasteiger partial charge in [0.25, 0.3) is 0 Å². The van der Waals surface area contributed by atoms with Gasteiger partial charge in [0.1, 0.15) is 0 Å². The fourth-order valence-corrected chi connectivity index (χ4v) is 1.79. The minimum atomic E-state index is 0. The Balaban J connectivity index is -0.000000121. The van der Waals surface area contributed by atoms with Crippen LogP contribution < -0.4 is 0 Å². The number of hydrogen-bond acceptors (Lipinski definition) is 0. The Labute approximate surface area is 165 Å². The van der Waals surface area contributed by atoms with Gasteiger partial charge in [-0.25, -0.2) is 12.2 Å². The van der Waals surface area contributed by atoms with Crippen LogP contribution in [0.4, 0.5) is 0 Å². The van der Waals surface area contributed by atoms with Gasteiger partial charge in [-0.3, -0.25) is 6.08 Å². The van der Waals surface area contributed by atoms with E-state index in [4.69, 9.17) is 0 Å². The normalized spacial score (nSPS) is 9.95. The van der Waals surface area contributed by atoms with E-state index in [1.165, 1.54) is 45.2 Å². The fourth-order valence-electron chi connectivity index (χ4n) is 1.79. The second-order valence-corrected chi connectivity index (χ2v) is 4.16.